The molecule has 1 amide bonds. The Morgan fingerprint density at radius 3 is 2.29 bits per heavy atom. The highest BCUT2D eigenvalue weighted by atomic mass is 32.2. The largest absolute Gasteiger partial charge is 0.481 e. The highest BCUT2D eigenvalue weighted by Crippen LogP contribution is 2.44. The standard InChI is InChI=1S/C17H21NO5S/c1-24(22,23)13-6-2-11(3-7-13)8-16(19)18-9-14(12-4-5-12)15(10-18)17(20)21/h2-3,6-7,12,14-15H,4-5,8-10H2,1H3,(H,20,21). The minimum Gasteiger partial charge on any atom is -0.481 e. The van der Waals surface area contributed by atoms with Gasteiger partial charge in [0.05, 0.1) is 17.2 Å². The summed E-state index contributed by atoms with van der Waals surface area (Å²) in [5.41, 5.74) is 0.731. The van der Waals surface area contributed by atoms with Crippen LogP contribution < -0.4 is 0 Å². The molecule has 3 rings (SSSR count). The van der Waals surface area contributed by atoms with E-state index in [-0.39, 0.29) is 29.7 Å². The Bertz CT molecular complexity index is 752. The first-order chi connectivity index (χ1) is 11.3. The summed E-state index contributed by atoms with van der Waals surface area (Å²) in [7, 11) is -3.25. The topological polar surface area (TPSA) is 91.8 Å². The average Bonchev–Trinajstić information content (AvgIpc) is 3.24. The lowest BCUT2D eigenvalue weighted by molar-refractivity contribution is -0.142. The molecule has 0 radical (unpaired) electrons. The summed E-state index contributed by atoms with van der Waals surface area (Å²) < 4.78 is 22.9. The lowest BCUT2D eigenvalue weighted by Gasteiger charge is -2.16. The fourth-order valence-electron chi connectivity index (χ4n) is 3.44. The zero-order valence-electron chi connectivity index (χ0n) is 13.5. The molecule has 1 N–H and O–H groups in total. The molecule has 0 spiro atoms. The molecule has 2 aliphatic rings. The third-order valence-electron chi connectivity index (χ3n) is 4.97. The summed E-state index contributed by atoms with van der Waals surface area (Å²) in [6.45, 7) is 0.790. The van der Waals surface area contributed by atoms with Crippen LogP contribution in [0.15, 0.2) is 29.2 Å². The second-order valence-corrected chi connectivity index (χ2v) is 8.85. The summed E-state index contributed by atoms with van der Waals surface area (Å²) >= 11 is 0. The lowest BCUT2D eigenvalue weighted by Crippen LogP contribution is -2.31. The molecule has 1 saturated carbocycles. The van der Waals surface area contributed by atoms with Gasteiger partial charge in [0.15, 0.2) is 9.84 Å². The first-order valence-electron chi connectivity index (χ1n) is 8.05. The quantitative estimate of drug-likeness (QED) is 0.861. The number of carbonyl (C=O) groups excluding carboxylic acids is 1. The van der Waals surface area contributed by atoms with Crippen molar-refractivity contribution in [1.82, 2.24) is 4.90 Å². The van der Waals surface area contributed by atoms with Gasteiger partial charge < -0.3 is 10.0 Å². The molecule has 7 heteroatoms. The molecule has 2 atom stereocenters. The molecule has 1 heterocycles. The first-order valence-corrected chi connectivity index (χ1v) is 9.94. The molecule has 1 saturated heterocycles. The SMILES string of the molecule is CS(=O)(=O)c1ccc(CC(=O)N2CC(C(=O)O)C(C3CC3)C2)cc1. The van der Waals surface area contributed by atoms with Crippen molar-refractivity contribution in [2.45, 2.75) is 24.2 Å². The maximum absolute atomic E-state index is 12.5. The summed E-state index contributed by atoms with van der Waals surface area (Å²) in [5, 5.41) is 9.36. The number of carboxylic acid groups (broad SMARTS) is 1. The summed E-state index contributed by atoms with van der Waals surface area (Å²) in [6, 6.07) is 6.26. The highest BCUT2D eigenvalue weighted by molar-refractivity contribution is 7.90. The van der Waals surface area contributed by atoms with Crippen LogP contribution >= 0.6 is 0 Å². The Morgan fingerprint density at radius 2 is 1.79 bits per heavy atom. The highest BCUT2D eigenvalue weighted by Gasteiger charge is 2.46. The van der Waals surface area contributed by atoms with Crippen molar-refractivity contribution >= 4 is 21.7 Å². The zero-order chi connectivity index (χ0) is 17.5. The van der Waals surface area contributed by atoms with Crippen LogP contribution in [-0.2, 0) is 25.8 Å². The van der Waals surface area contributed by atoms with Gasteiger partial charge in [0, 0.05) is 19.3 Å². The number of aliphatic carboxylic acids is 1. The molecule has 1 aromatic carbocycles. The van der Waals surface area contributed by atoms with Crippen LogP contribution in [0.3, 0.4) is 0 Å². The number of rotatable bonds is 5. The van der Waals surface area contributed by atoms with Crippen LogP contribution in [0.5, 0.6) is 0 Å². The predicted octanol–water partition coefficient (Wildman–Crippen LogP) is 1.20. The molecule has 1 aliphatic heterocycles. The van der Waals surface area contributed by atoms with Gasteiger partial charge in [-0.15, -0.1) is 0 Å². The van der Waals surface area contributed by atoms with Crippen LogP contribution in [0, 0.1) is 17.8 Å². The Labute approximate surface area is 141 Å². The van der Waals surface area contributed by atoms with E-state index in [1.54, 1.807) is 17.0 Å². The summed E-state index contributed by atoms with van der Waals surface area (Å²) in [6.07, 6.45) is 3.42. The van der Waals surface area contributed by atoms with E-state index < -0.39 is 21.7 Å². The number of hydrogen-bond donors (Lipinski definition) is 1. The van der Waals surface area contributed by atoms with E-state index in [1.165, 1.54) is 12.1 Å². The maximum atomic E-state index is 12.5. The third-order valence-corrected chi connectivity index (χ3v) is 6.10. The number of nitrogens with zero attached hydrogens (tertiary/aromatic N) is 1. The summed E-state index contributed by atoms with van der Waals surface area (Å²) in [5.74, 6) is -0.873. The predicted molar refractivity (Wildman–Crippen MR) is 87.2 cm³/mol. The average molecular weight is 351 g/mol. The monoisotopic (exact) mass is 351 g/mol. The van der Waals surface area contributed by atoms with Crippen LogP contribution in [0.1, 0.15) is 18.4 Å². The number of amides is 1. The Morgan fingerprint density at radius 1 is 1.17 bits per heavy atom. The van der Waals surface area contributed by atoms with Crippen molar-refractivity contribution in [3.63, 3.8) is 0 Å². The second kappa shape index (κ2) is 6.20. The second-order valence-electron chi connectivity index (χ2n) is 6.84. The van der Waals surface area contributed by atoms with Crippen molar-refractivity contribution < 1.29 is 23.1 Å². The van der Waals surface area contributed by atoms with Crippen LogP contribution in [-0.4, -0.2) is 49.6 Å². The van der Waals surface area contributed by atoms with Gasteiger partial charge >= 0.3 is 5.97 Å². The number of carbonyl (C=O) groups is 2. The van der Waals surface area contributed by atoms with Gasteiger partial charge in [0.1, 0.15) is 0 Å². The Hall–Kier alpha value is -1.89. The van der Waals surface area contributed by atoms with E-state index in [0.717, 1.165) is 24.7 Å². The van der Waals surface area contributed by atoms with E-state index in [2.05, 4.69) is 0 Å². The van der Waals surface area contributed by atoms with Gasteiger partial charge in [-0.1, -0.05) is 12.1 Å². The molecular weight excluding hydrogens is 330 g/mol. The molecule has 0 aromatic heterocycles. The molecule has 2 fully saturated rings. The fraction of sp³-hybridized carbons (Fsp3) is 0.529. The minimum atomic E-state index is -3.25. The molecule has 24 heavy (non-hydrogen) atoms. The van der Waals surface area contributed by atoms with E-state index in [9.17, 15) is 23.1 Å². The van der Waals surface area contributed by atoms with E-state index in [1.807, 2.05) is 0 Å². The molecule has 130 valence electrons. The lowest BCUT2D eigenvalue weighted by atomic mass is 9.92. The number of carboxylic acids is 1. The molecule has 1 aromatic rings. The van der Waals surface area contributed by atoms with E-state index in [4.69, 9.17) is 0 Å². The molecule has 6 nitrogen and oxygen atoms in total. The molecular formula is C17H21NO5S. The van der Waals surface area contributed by atoms with Gasteiger partial charge in [0.25, 0.3) is 0 Å². The van der Waals surface area contributed by atoms with Crippen molar-refractivity contribution in [3.05, 3.63) is 29.8 Å². The van der Waals surface area contributed by atoms with Crippen molar-refractivity contribution in [2.75, 3.05) is 19.3 Å². The number of benzene rings is 1. The maximum Gasteiger partial charge on any atom is 0.308 e. The number of likely N-dealkylation sites (tertiary alicyclic amines) is 1. The zero-order valence-corrected chi connectivity index (χ0v) is 14.3. The van der Waals surface area contributed by atoms with Crippen molar-refractivity contribution in [1.29, 1.82) is 0 Å². The third kappa shape index (κ3) is 3.61. The minimum absolute atomic E-state index is 0.0686. The molecule has 0 bridgehead atoms. The van der Waals surface area contributed by atoms with Gasteiger partial charge in [-0.3, -0.25) is 9.59 Å². The van der Waals surface area contributed by atoms with Crippen LogP contribution in [0.4, 0.5) is 0 Å². The normalized spacial score (nSPS) is 24.1. The van der Waals surface area contributed by atoms with Crippen molar-refractivity contribution in [2.24, 2.45) is 17.8 Å². The molecule has 1 aliphatic carbocycles. The van der Waals surface area contributed by atoms with Gasteiger partial charge in [-0.25, -0.2) is 8.42 Å². The smallest absolute Gasteiger partial charge is 0.308 e. The van der Waals surface area contributed by atoms with Gasteiger partial charge in [0.2, 0.25) is 5.91 Å². The summed E-state index contributed by atoms with van der Waals surface area (Å²) in [4.78, 5) is 25.7. The van der Waals surface area contributed by atoms with E-state index >= 15 is 0 Å². The number of sulfone groups is 1. The number of hydrogen-bond acceptors (Lipinski definition) is 4. The Balaban J connectivity index is 1.66. The van der Waals surface area contributed by atoms with Gasteiger partial charge in [-0.2, -0.15) is 0 Å². The molecule has 2 unspecified atom stereocenters. The van der Waals surface area contributed by atoms with Crippen LogP contribution in [0.2, 0.25) is 0 Å². The van der Waals surface area contributed by atoms with Gasteiger partial charge in [-0.05, 0) is 42.4 Å². The van der Waals surface area contributed by atoms with Crippen LogP contribution in [0.25, 0.3) is 0 Å². The van der Waals surface area contributed by atoms with Crippen molar-refractivity contribution in [3.8, 4) is 0 Å². The van der Waals surface area contributed by atoms with E-state index in [0.29, 0.717) is 12.5 Å². The fourth-order valence-corrected chi connectivity index (χ4v) is 4.07. The Kier molecular flexibility index (Phi) is 4.38. The first kappa shape index (κ1) is 17.0.